The summed E-state index contributed by atoms with van der Waals surface area (Å²) in [4.78, 5) is 0. The zero-order valence-electron chi connectivity index (χ0n) is 10.1. The van der Waals surface area contributed by atoms with Gasteiger partial charge in [-0.2, -0.15) is 0 Å². The Hall–Kier alpha value is -0.640. The van der Waals surface area contributed by atoms with Crippen molar-refractivity contribution in [2.75, 3.05) is 0 Å². The second kappa shape index (κ2) is 5.34. The van der Waals surface area contributed by atoms with Gasteiger partial charge in [0, 0.05) is 11.6 Å². The van der Waals surface area contributed by atoms with Gasteiger partial charge in [-0.05, 0) is 44.4 Å². The van der Waals surface area contributed by atoms with E-state index in [0.29, 0.717) is 5.56 Å². The summed E-state index contributed by atoms with van der Waals surface area (Å²) >= 11 is 0. The van der Waals surface area contributed by atoms with E-state index in [-0.39, 0.29) is 29.8 Å². The fourth-order valence-electron chi connectivity index (χ4n) is 2.32. The molecule has 96 valence electrons. The van der Waals surface area contributed by atoms with Gasteiger partial charge in [0.15, 0.2) is 0 Å². The molecule has 4 heteroatoms. The molecular weight excluding hydrogens is 241 g/mol. The van der Waals surface area contributed by atoms with Gasteiger partial charge in [-0.1, -0.05) is 12.1 Å². The van der Waals surface area contributed by atoms with Crippen molar-refractivity contribution in [2.24, 2.45) is 0 Å². The third kappa shape index (κ3) is 3.41. The Balaban J connectivity index is 0.00000144. The molecule has 0 bridgehead atoms. The third-order valence-corrected chi connectivity index (χ3v) is 3.23. The Bertz CT molecular complexity index is 383. The van der Waals surface area contributed by atoms with Crippen molar-refractivity contribution in [1.29, 1.82) is 0 Å². The minimum atomic E-state index is -0.627. The molecule has 1 saturated heterocycles. The van der Waals surface area contributed by atoms with Crippen LogP contribution in [-0.2, 0) is 0 Å². The van der Waals surface area contributed by atoms with Gasteiger partial charge >= 0.3 is 0 Å². The van der Waals surface area contributed by atoms with Crippen LogP contribution in [0.5, 0.6) is 0 Å². The highest BCUT2D eigenvalue weighted by Gasteiger charge is 2.34. The van der Waals surface area contributed by atoms with Crippen molar-refractivity contribution in [1.82, 2.24) is 5.32 Å². The smallest absolute Gasteiger partial charge is 0.123 e. The lowest BCUT2D eigenvalue weighted by atomic mass is 10.00. The molecule has 1 aromatic carbocycles. The Morgan fingerprint density at radius 2 is 2.18 bits per heavy atom. The molecule has 0 saturated carbocycles. The van der Waals surface area contributed by atoms with Gasteiger partial charge in [0.05, 0.1) is 6.10 Å². The fourth-order valence-corrected chi connectivity index (χ4v) is 2.32. The monoisotopic (exact) mass is 259 g/mol. The molecule has 0 radical (unpaired) electrons. The normalized spacial score (nSPS) is 24.1. The van der Waals surface area contributed by atoms with Gasteiger partial charge in [-0.3, -0.25) is 0 Å². The minimum absolute atomic E-state index is 0. The lowest BCUT2D eigenvalue weighted by molar-refractivity contribution is 0.131. The summed E-state index contributed by atoms with van der Waals surface area (Å²) in [5.41, 5.74) is 0.717. The molecule has 2 N–H and O–H groups in total. The van der Waals surface area contributed by atoms with Gasteiger partial charge in [0.2, 0.25) is 0 Å². The van der Waals surface area contributed by atoms with E-state index in [4.69, 9.17) is 0 Å². The zero-order chi connectivity index (χ0) is 11.8. The van der Waals surface area contributed by atoms with Crippen molar-refractivity contribution in [3.8, 4) is 0 Å². The molecule has 2 rings (SSSR count). The maximum atomic E-state index is 13.0. The third-order valence-electron chi connectivity index (χ3n) is 3.23. The van der Waals surface area contributed by atoms with Crippen LogP contribution in [0.25, 0.3) is 0 Å². The maximum absolute atomic E-state index is 13.0. The number of rotatable bonds is 2. The summed E-state index contributed by atoms with van der Waals surface area (Å²) in [6.07, 6.45) is 1.33. The first-order valence-corrected chi connectivity index (χ1v) is 5.69. The number of benzene rings is 1. The summed E-state index contributed by atoms with van der Waals surface area (Å²) in [5.74, 6) is -0.297. The number of hydrogen-bond donors (Lipinski definition) is 2. The van der Waals surface area contributed by atoms with Gasteiger partial charge in [0.1, 0.15) is 5.82 Å². The van der Waals surface area contributed by atoms with Crippen LogP contribution in [0, 0.1) is 5.82 Å². The van der Waals surface area contributed by atoms with E-state index in [0.717, 1.165) is 12.8 Å². The Morgan fingerprint density at radius 3 is 2.71 bits per heavy atom. The highest BCUT2D eigenvalue weighted by atomic mass is 35.5. The van der Waals surface area contributed by atoms with Crippen molar-refractivity contribution in [2.45, 2.75) is 44.4 Å². The molecule has 1 aliphatic rings. The number of aliphatic hydroxyl groups excluding tert-OH is 1. The van der Waals surface area contributed by atoms with Crippen LogP contribution in [0.1, 0.15) is 38.4 Å². The average Bonchev–Trinajstić information content (AvgIpc) is 2.58. The van der Waals surface area contributed by atoms with Crippen LogP contribution in [0.2, 0.25) is 0 Å². The van der Waals surface area contributed by atoms with E-state index in [2.05, 4.69) is 19.2 Å². The van der Waals surface area contributed by atoms with Crippen LogP contribution in [-0.4, -0.2) is 16.7 Å². The second-order valence-electron chi connectivity index (χ2n) is 5.17. The van der Waals surface area contributed by atoms with E-state index >= 15 is 0 Å². The highest BCUT2D eigenvalue weighted by molar-refractivity contribution is 5.85. The predicted octanol–water partition coefficient (Wildman–Crippen LogP) is 2.81. The topological polar surface area (TPSA) is 32.3 Å². The molecule has 0 aromatic heterocycles. The van der Waals surface area contributed by atoms with Crippen LogP contribution >= 0.6 is 12.4 Å². The zero-order valence-corrected chi connectivity index (χ0v) is 10.9. The fraction of sp³-hybridized carbons (Fsp3) is 0.538. The predicted molar refractivity (Wildman–Crippen MR) is 68.8 cm³/mol. The summed E-state index contributed by atoms with van der Waals surface area (Å²) in [6, 6.07) is 6.21. The van der Waals surface area contributed by atoms with Gasteiger partial charge in [0.25, 0.3) is 0 Å². The first-order valence-electron chi connectivity index (χ1n) is 5.69. The summed E-state index contributed by atoms with van der Waals surface area (Å²) in [6.45, 7) is 4.23. The van der Waals surface area contributed by atoms with E-state index in [9.17, 15) is 9.50 Å². The molecule has 2 atom stereocenters. The van der Waals surface area contributed by atoms with Gasteiger partial charge in [-0.15, -0.1) is 12.4 Å². The number of nitrogens with one attached hydrogen (secondary N) is 1. The lowest BCUT2D eigenvalue weighted by Gasteiger charge is -2.23. The Morgan fingerprint density at radius 1 is 1.47 bits per heavy atom. The molecule has 1 fully saturated rings. The molecule has 17 heavy (non-hydrogen) atoms. The van der Waals surface area contributed by atoms with Crippen LogP contribution < -0.4 is 5.32 Å². The molecule has 1 heterocycles. The van der Waals surface area contributed by atoms with Crippen molar-refractivity contribution >= 4 is 12.4 Å². The SMILES string of the molecule is CC1(C)CC[C@H](C(O)c2cccc(F)c2)N1.Cl. The molecule has 0 aliphatic carbocycles. The number of aliphatic hydroxyl groups is 1. The summed E-state index contributed by atoms with van der Waals surface area (Å²) in [7, 11) is 0. The molecule has 0 amide bonds. The molecule has 0 spiro atoms. The molecule has 1 unspecified atom stereocenters. The molecular formula is C13H19ClFNO. The molecule has 1 aromatic rings. The summed E-state index contributed by atoms with van der Waals surface area (Å²) < 4.78 is 13.0. The standard InChI is InChI=1S/C13H18FNO.ClH/c1-13(2)7-6-11(15-13)12(16)9-4-3-5-10(14)8-9;/h3-5,8,11-12,15-16H,6-7H2,1-2H3;1H/t11-,12?;/m1./s1. The van der Waals surface area contributed by atoms with Crippen molar-refractivity contribution in [3.63, 3.8) is 0 Å². The van der Waals surface area contributed by atoms with Crippen molar-refractivity contribution in [3.05, 3.63) is 35.6 Å². The van der Waals surface area contributed by atoms with E-state index in [1.54, 1.807) is 12.1 Å². The van der Waals surface area contributed by atoms with Gasteiger partial charge < -0.3 is 10.4 Å². The van der Waals surface area contributed by atoms with Gasteiger partial charge in [-0.25, -0.2) is 4.39 Å². The Labute approximate surface area is 108 Å². The number of halogens is 2. The van der Waals surface area contributed by atoms with E-state index < -0.39 is 6.10 Å². The van der Waals surface area contributed by atoms with Crippen molar-refractivity contribution < 1.29 is 9.50 Å². The average molecular weight is 260 g/mol. The lowest BCUT2D eigenvalue weighted by Crippen LogP contribution is -2.40. The van der Waals surface area contributed by atoms with Crippen LogP contribution in [0.3, 0.4) is 0 Å². The first-order chi connectivity index (χ1) is 7.48. The largest absolute Gasteiger partial charge is 0.387 e. The first kappa shape index (κ1) is 14.4. The van der Waals surface area contributed by atoms with Crippen LogP contribution in [0.15, 0.2) is 24.3 Å². The number of hydrogen-bond acceptors (Lipinski definition) is 2. The highest BCUT2D eigenvalue weighted by Crippen LogP contribution is 2.30. The minimum Gasteiger partial charge on any atom is -0.387 e. The molecule has 2 nitrogen and oxygen atoms in total. The Kier molecular flexibility index (Phi) is 4.53. The van der Waals surface area contributed by atoms with Crippen LogP contribution in [0.4, 0.5) is 4.39 Å². The second-order valence-corrected chi connectivity index (χ2v) is 5.17. The molecule has 1 aliphatic heterocycles. The summed E-state index contributed by atoms with van der Waals surface area (Å²) in [5, 5.41) is 13.5. The van der Waals surface area contributed by atoms with E-state index in [1.807, 2.05) is 0 Å². The quantitative estimate of drug-likeness (QED) is 0.856. The van der Waals surface area contributed by atoms with E-state index in [1.165, 1.54) is 12.1 Å². The maximum Gasteiger partial charge on any atom is 0.123 e.